The first-order chi connectivity index (χ1) is 12.6. The van der Waals surface area contributed by atoms with Crippen LogP contribution in [0.4, 0.5) is 0 Å². The van der Waals surface area contributed by atoms with Crippen LogP contribution in [0.1, 0.15) is 29.7 Å². The molecule has 2 heterocycles. The number of aromatic nitrogens is 2. The van der Waals surface area contributed by atoms with Gasteiger partial charge in [0.2, 0.25) is 0 Å². The predicted molar refractivity (Wildman–Crippen MR) is 102 cm³/mol. The van der Waals surface area contributed by atoms with Gasteiger partial charge in [-0.3, -0.25) is 0 Å². The normalized spacial score (nSPS) is 20.6. The van der Waals surface area contributed by atoms with Crippen LogP contribution in [0.3, 0.4) is 0 Å². The SMILES string of the molecule is CCOCc1cc(CN[C@@H]2CN(C)C[C@H]2c2cncn2C)ccc1OC. The number of aryl methyl sites for hydroxylation is 1. The van der Waals surface area contributed by atoms with Crippen molar-refractivity contribution in [2.75, 3.05) is 33.9 Å². The number of imidazole rings is 1. The number of hydrogen-bond acceptors (Lipinski definition) is 5. The van der Waals surface area contributed by atoms with Gasteiger partial charge < -0.3 is 24.3 Å². The van der Waals surface area contributed by atoms with Crippen LogP contribution in [-0.4, -0.2) is 54.3 Å². The molecule has 1 aromatic carbocycles. The number of hydrogen-bond donors (Lipinski definition) is 1. The van der Waals surface area contributed by atoms with Crippen LogP contribution < -0.4 is 10.1 Å². The molecule has 2 atom stereocenters. The van der Waals surface area contributed by atoms with Crippen LogP contribution in [-0.2, 0) is 24.9 Å². The summed E-state index contributed by atoms with van der Waals surface area (Å²) in [7, 11) is 5.95. The van der Waals surface area contributed by atoms with Gasteiger partial charge in [-0.25, -0.2) is 4.98 Å². The van der Waals surface area contributed by atoms with E-state index < -0.39 is 0 Å². The number of methoxy groups -OCH3 is 1. The highest BCUT2D eigenvalue weighted by molar-refractivity contribution is 5.37. The van der Waals surface area contributed by atoms with Crippen molar-refractivity contribution in [1.82, 2.24) is 19.8 Å². The Labute approximate surface area is 156 Å². The molecule has 1 N–H and O–H groups in total. The number of rotatable bonds is 8. The van der Waals surface area contributed by atoms with Gasteiger partial charge in [-0.1, -0.05) is 6.07 Å². The molecule has 0 unspecified atom stereocenters. The first-order valence-corrected chi connectivity index (χ1v) is 9.24. The first-order valence-electron chi connectivity index (χ1n) is 9.24. The molecule has 1 saturated heterocycles. The molecule has 0 spiro atoms. The van der Waals surface area contributed by atoms with Gasteiger partial charge in [-0.05, 0) is 31.7 Å². The summed E-state index contributed by atoms with van der Waals surface area (Å²) < 4.78 is 13.2. The summed E-state index contributed by atoms with van der Waals surface area (Å²) in [4.78, 5) is 6.67. The summed E-state index contributed by atoms with van der Waals surface area (Å²) in [6.45, 7) is 6.21. The molecule has 1 fully saturated rings. The van der Waals surface area contributed by atoms with Gasteiger partial charge in [0.15, 0.2) is 0 Å². The Morgan fingerprint density at radius 2 is 2.12 bits per heavy atom. The van der Waals surface area contributed by atoms with E-state index >= 15 is 0 Å². The smallest absolute Gasteiger partial charge is 0.124 e. The molecule has 1 aliphatic heterocycles. The van der Waals surface area contributed by atoms with Gasteiger partial charge in [0.25, 0.3) is 0 Å². The van der Waals surface area contributed by atoms with Crippen molar-refractivity contribution in [2.24, 2.45) is 7.05 Å². The van der Waals surface area contributed by atoms with Gasteiger partial charge in [0, 0.05) is 62.7 Å². The number of nitrogens with one attached hydrogen (secondary N) is 1. The van der Waals surface area contributed by atoms with E-state index in [1.54, 1.807) is 7.11 Å². The molecule has 3 rings (SSSR count). The summed E-state index contributed by atoms with van der Waals surface area (Å²) in [5, 5.41) is 3.75. The van der Waals surface area contributed by atoms with Crippen molar-refractivity contribution < 1.29 is 9.47 Å². The van der Waals surface area contributed by atoms with Crippen molar-refractivity contribution in [3.05, 3.63) is 47.5 Å². The van der Waals surface area contributed by atoms with Crippen LogP contribution in [0.2, 0.25) is 0 Å². The molecule has 6 heteroatoms. The molecule has 1 aliphatic rings. The number of ether oxygens (including phenoxy) is 2. The summed E-state index contributed by atoms with van der Waals surface area (Å²) in [6.07, 6.45) is 3.88. The zero-order valence-electron chi connectivity index (χ0n) is 16.2. The molecular formula is C20H30N4O2. The molecule has 6 nitrogen and oxygen atoms in total. The standard InChI is InChI=1S/C20H30N4O2/c1-5-26-13-16-8-15(6-7-20(16)25-4)9-22-18-12-23(2)11-17(18)19-10-21-14-24(19)3/h6-8,10,14,17-18,22H,5,9,11-13H2,1-4H3/t17-,18-/m1/s1. The maximum Gasteiger partial charge on any atom is 0.124 e. The van der Waals surface area contributed by atoms with E-state index in [-0.39, 0.29) is 0 Å². The highest BCUT2D eigenvalue weighted by atomic mass is 16.5. The first kappa shape index (κ1) is 18.9. The highest BCUT2D eigenvalue weighted by Gasteiger charge is 2.33. The van der Waals surface area contributed by atoms with Crippen LogP contribution in [0.25, 0.3) is 0 Å². The molecule has 26 heavy (non-hydrogen) atoms. The summed E-state index contributed by atoms with van der Waals surface area (Å²) in [5.74, 6) is 1.34. The number of benzene rings is 1. The Balaban J connectivity index is 1.68. The van der Waals surface area contributed by atoms with Crippen LogP contribution in [0.5, 0.6) is 5.75 Å². The lowest BCUT2D eigenvalue weighted by molar-refractivity contribution is 0.132. The van der Waals surface area contributed by atoms with Crippen molar-refractivity contribution >= 4 is 0 Å². The molecule has 0 bridgehead atoms. The van der Waals surface area contributed by atoms with Crippen molar-refractivity contribution in [1.29, 1.82) is 0 Å². The van der Waals surface area contributed by atoms with E-state index in [0.29, 0.717) is 25.2 Å². The molecule has 2 aromatic rings. The molecule has 0 saturated carbocycles. The van der Waals surface area contributed by atoms with Crippen LogP contribution in [0, 0.1) is 0 Å². The third-order valence-corrected chi connectivity index (χ3v) is 5.11. The van der Waals surface area contributed by atoms with E-state index in [9.17, 15) is 0 Å². The highest BCUT2D eigenvalue weighted by Crippen LogP contribution is 2.27. The van der Waals surface area contributed by atoms with Gasteiger partial charge in [0.1, 0.15) is 5.75 Å². The van der Waals surface area contributed by atoms with Crippen LogP contribution in [0.15, 0.2) is 30.7 Å². The Bertz CT molecular complexity index is 716. The van der Waals surface area contributed by atoms with Crippen LogP contribution >= 0.6 is 0 Å². The lowest BCUT2D eigenvalue weighted by atomic mass is 9.99. The lowest BCUT2D eigenvalue weighted by Gasteiger charge is -2.21. The number of likely N-dealkylation sites (tertiary alicyclic amines) is 1. The van der Waals surface area contributed by atoms with Gasteiger partial charge in [-0.2, -0.15) is 0 Å². The maximum absolute atomic E-state index is 5.57. The monoisotopic (exact) mass is 358 g/mol. The third-order valence-electron chi connectivity index (χ3n) is 5.11. The van der Waals surface area contributed by atoms with E-state index in [0.717, 1.165) is 30.9 Å². The second-order valence-corrected chi connectivity index (χ2v) is 7.03. The Hall–Kier alpha value is -1.89. The quantitative estimate of drug-likeness (QED) is 0.784. The fourth-order valence-corrected chi connectivity index (χ4v) is 3.75. The number of nitrogens with zero attached hydrogens (tertiary/aromatic N) is 3. The fraction of sp³-hybridized carbons (Fsp3) is 0.550. The second-order valence-electron chi connectivity index (χ2n) is 7.03. The lowest BCUT2D eigenvalue weighted by Crippen LogP contribution is -2.35. The fourth-order valence-electron chi connectivity index (χ4n) is 3.75. The topological polar surface area (TPSA) is 51.5 Å². The molecule has 0 aliphatic carbocycles. The average molecular weight is 358 g/mol. The minimum absolute atomic E-state index is 0.410. The van der Waals surface area contributed by atoms with Gasteiger partial charge >= 0.3 is 0 Å². The van der Waals surface area contributed by atoms with E-state index in [1.165, 1.54) is 11.3 Å². The van der Waals surface area contributed by atoms with E-state index in [1.807, 2.05) is 25.5 Å². The molecule has 142 valence electrons. The largest absolute Gasteiger partial charge is 0.496 e. The zero-order valence-corrected chi connectivity index (χ0v) is 16.2. The van der Waals surface area contributed by atoms with Crippen molar-refractivity contribution in [3.63, 3.8) is 0 Å². The summed E-state index contributed by atoms with van der Waals surface area (Å²) in [6, 6.07) is 6.75. The minimum Gasteiger partial charge on any atom is -0.496 e. The predicted octanol–water partition coefficient (Wildman–Crippen LogP) is 2.15. The third kappa shape index (κ3) is 4.26. The average Bonchev–Trinajstić information content (AvgIpc) is 3.23. The van der Waals surface area contributed by atoms with Gasteiger partial charge in [-0.15, -0.1) is 0 Å². The van der Waals surface area contributed by atoms with Gasteiger partial charge in [0.05, 0.1) is 20.0 Å². The van der Waals surface area contributed by atoms with E-state index in [2.05, 4.69) is 46.0 Å². The maximum atomic E-state index is 5.57. The Kier molecular flexibility index (Phi) is 6.29. The molecule has 0 amide bonds. The minimum atomic E-state index is 0.410. The van der Waals surface area contributed by atoms with Crippen molar-refractivity contribution in [2.45, 2.75) is 32.0 Å². The van der Waals surface area contributed by atoms with Crippen molar-refractivity contribution in [3.8, 4) is 5.75 Å². The Morgan fingerprint density at radius 3 is 2.81 bits per heavy atom. The molecule has 1 aromatic heterocycles. The summed E-state index contributed by atoms with van der Waals surface area (Å²) in [5.41, 5.74) is 3.64. The summed E-state index contributed by atoms with van der Waals surface area (Å²) >= 11 is 0. The molecular weight excluding hydrogens is 328 g/mol. The zero-order chi connectivity index (χ0) is 18.5. The second kappa shape index (κ2) is 8.66. The Morgan fingerprint density at radius 1 is 1.27 bits per heavy atom. The molecule has 0 radical (unpaired) electrons. The number of likely N-dealkylation sites (N-methyl/N-ethyl adjacent to an activating group) is 1. The van der Waals surface area contributed by atoms with E-state index in [4.69, 9.17) is 9.47 Å².